The number of benzene rings is 4. The standard InChI is InChI=1S/C29H19N3/c1-2-9-19(10-3-1)20-11-8-12-21(17-20)32-26-16-7-5-14-23(26)28-27(32)18-24-22-13-4-6-15-25(22)30-29(24)31-28/h1-18H,(H,30,31). The number of hydrogen-bond acceptors (Lipinski definition) is 1. The highest BCUT2D eigenvalue weighted by Crippen LogP contribution is 2.35. The van der Waals surface area contributed by atoms with Gasteiger partial charge < -0.3 is 9.55 Å². The highest BCUT2D eigenvalue weighted by atomic mass is 15.0. The molecule has 0 aliphatic rings. The molecular formula is C29H19N3. The normalized spacial score (nSPS) is 11.8. The molecule has 0 atom stereocenters. The van der Waals surface area contributed by atoms with Crippen LogP contribution in [0.3, 0.4) is 0 Å². The van der Waals surface area contributed by atoms with Crippen molar-refractivity contribution >= 4 is 43.9 Å². The number of hydrogen-bond donors (Lipinski definition) is 1. The molecule has 0 unspecified atom stereocenters. The first-order valence-electron chi connectivity index (χ1n) is 10.8. The van der Waals surface area contributed by atoms with Gasteiger partial charge in [-0.1, -0.05) is 78.9 Å². The number of pyridine rings is 1. The van der Waals surface area contributed by atoms with Crippen molar-refractivity contribution in [3.63, 3.8) is 0 Å². The van der Waals surface area contributed by atoms with Crippen molar-refractivity contribution in [2.45, 2.75) is 0 Å². The molecule has 4 aromatic carbocycles. The highest BCUT2D eigenvalue weighted by Gasteiger charge is 2.16. The lowest BCUT2D eigenvalue weighted by molar-refractivity contribution is 1.18. The molecule has 0 bridgehead atoms. The Kier molecular flexibility index (Phi) is 3.55. The van der Waals surface area contributed by atoms with Crippen molar-refractivity contribution in [1.82, 2.24) is 14.5 Å². The van der Waals surface area contributed by atoms with Crippen LogP contribution in [0, 0.1) is 0 Å². The SMILES string of the molecule is c1ccc(-c2cccc(-n3c4ccccc4c4nc5[nH]c6ccccc6c5cc43)c2)cc1. The average Bonchev–Trinajstić information content (AvgIpc) is 3.38. The molecule has 3 nitrogen and oxygen atoms in total. The van der Waals surface area contributed by atoms with Crippen LogP contribution in [0.25, 0.3) is 60.7 Å². The van der Waals surface area contributed by atoms with E-state index in [1.165, 1.54) is 16.5 Å². The van der Waals surface area contributed by atoms with E-state index < -0.39 is 0 Å². The van der Waals surface area contributed by atoms with E-state index in [9.17, 15) is 0 Å². The van der Waals surface area contributed by atoms with Crippen LogP contribution >= 0.6 is 0 Å². The van der Waals surface area contributed by atoms with Gasteiger partial charge in [0, 0.05) is 27.4 Å². The monoisotopic (exact) mass is 409 g/mol. The highest BCUT2D eigenvalue weighted by molar-refractivity contribution is 6.14. The van der Waals surface area contributed by atoms with Gasteiger partial charge in [0.2, 0.25) is 0 Å². The minimum Gasteiger partial charge on any atom is -0.339 e. The molecule has 0 spiro atoms. The lowest BCUT2D eigenvalue weighted by atomic mass is 10.1. The Morgan fingerprint density at radius 2 is 1.31 bits per heavy atom. The van der Waals surface area contributed by atoms with Crippen LogP contribution in [0.4, 0.5) is 0 Å². The van der Waals surface area contributed by atoms with Gasteiger partial charge in [-0.2, -0.15) is 0 Å². The molecule has 7 rings (SSSR count). The molecule has 0 aliphatic heterocycles. The Morgan fingerprint density at radius 3 is 2.22 bits per heavy atom. The predicted molar refractivity (Wildman–Crippen MR) is 133 cm³/mol. The molecule has 1 N–H and O–H groups in total. The minimum atomic E-state index is 0.930. The third-order valence-corrected chi connectivity index (χ3v) is 6.33. The van der Waals surface area contributed by atoms with Gasteiger partial charge in [0.15, 0.2) is 0 Å². The van der Waals surface area contributed by atoms with Crippen molar-refractivity contribution in [3.8, 4) is 16.8 Å². The number of H-pyrrole nitrogens is 1. The third kappa shape index (κ3) is 2.45. The van der Waals surface area contributed by atoms with E-state index in [1.54, 1.807) is 0 Å². The van der Waals surface area contributed by atoms with Crippen molar-refractivity contribution in [3.05, 3.63) is 109 Å². The number of nitrogens with zero attached hydrogens (tertiary/aromatic N) is 2. The second-order valence-corrected chi connectivity index (χ2v) is 8.19. The quantitative estimate of drug-likeness (QED) is 0.315. The molecule has 0 aliphatic carbocycles. The molecule has 3 heteroatoms. The smallest absolute Gasteiger partial charge is 0.139 e. The lowest BCUT2D eigenvalue weighted by Crippen LogP contribution is -1.94. The molecule has 7 aromatic rings. The Labute approximate surface area is 184 Å². The number of para-hydroxylation sites is 2. The van der Waals surface area contributed by atoms with Gasteiger partial charge in [-0.15, -0.1) is 0 Å². The fourth-order valence-electron chi connectivity index (χ4n) is 4.86. The van der Waals surface area contributed by atoms with Gasteiger partial charge in [-0.25, -0.2) is 4.98 Å². The van der Waals surface area contributed by atoms with Crippen molar-refractivity contribution < 1.29 is 0 Å². The number of aromatic amines is 1. The van der Waals surface area contributed by atoms with Crippen molar-refractivity contribution in [2.24, 2.45) is 0 Å². The summed E-state index contributed by atoms with van der Waals surface area (Å²) >= 11 is 0. The summed E-state index contributed by atoms with van der Waals surface area (Å²) in [5.41, 5.74) is 8.90. The summed E-state index contributed by atoms with van der Waals surface area (Å²) in [7, 11) is 0. The number of nitrogens with one attached hydrogen (secondary N) is 1. The molecule has 150 valence electrons. The van der Waals surface area contributed by atoms with Gasteiger partial charge in [0.1, 0.15) is 5.65 Å². The fourth-order valence-corrected chi connectivity index (χ4v) is 4.86. The Morgan fingerprint density at radius 1 is 0.562 bits per heavy atom. The zero-order valence-corrected chi connectivity index (χ0v) is 17.3. The average molecular weight is 409 g/mol. The van der Waals surface area contributed by atoms with Gasteiger partial charge in [0.25, 0.3) is 0 Å². The predicted octanol–water partition coefficient (Wildman–Crippen LogP) is 7.48. The lowest BCUT2D eigenvalue weighted by Gasteiger charge is -2.10. The fraction of sp³-hybridized carbons (Fsp3) is 0. The largest absolute Gasteiger partial charge is 0.339 e. The Bertz CT molecular complexity index is 1770. The van der Waals surface area contributed by atoms with Gasteiger partial charge in [0.05, 0.1) is 16.6 Å². The second-order valence-electron chi connectivity index (χ2n) is 8.19. The number of fused-ring (bicyclic) bond motifs is 6. The van der Waals surface area contributed by atoms with Gasteiger partial charge in [-0.3, -0.25) is 0 Å². The van der Waals surface area contributed by atoms with Crippen LogP contribution < -0.4 is 0 Å². The van der Waals surface area contributed by atoms with Crippen LogP contribution in [0.5, 0.6) is 0 Å². The van der Waals surface area contributed by atoms with Crippen molar-refractivity contribution in [1.29, 1.82) is 0 Å². The van der Waals surface area contributed by atoms with E-state index >= 15 is 0 Å². The maximum Gasteiger partial charge on any atom is 0.139 e. The molecule has 0 saturated heterocycles. The van der Waals surface area contributed by atoms with E-state index in [4.69, 9.17) is 4.98 Å². The zero-order valence-electron chi connectivity index (χ0n) is 17.3. The molecule has 0 saturated carbocycles. The van der Waals surface area contributed by atoms with E-state index in [2.05, 4.69) is 119 Å². The first-order chi connectivity index (χ1) is 15.9. The van der Waals surface area contributed by atoms with Gasteiger partial charge in [-0.05, 0) is 41.5 Å². The molecule has 0 radical (unpaired) electrons. The molecule has 32 heavy (non-hydrogen) atoms. The van der Waals surface area contributed by atoms with E-state index in [-0.39, 0.29) is 0 Å². The zero-order chi connectivity index (χ0) is 21.1. The molecule has 0 amide bonds. The Hall–Kier alpha value is -4.37. The topological polar surface area (TPSA) is 33.6 Å². The van der Waals surface area contributed by atoms with Crippen LogP contribution in [0.1, 0.15) is 0 Å². The number of aromatic nitrogens is 3. The van der Waals surface area contributed by atoms with Gasteiger partial charge >= 0.3 is 0 Å². The summed E-state index contributed by atoms with van der Waals surface area (Å²) in [6.07, 6.45) is 0. The molecule has 3 aromatic heterocycles. The van der Waals surface area contributed by atoms with E-state index in [0.29, 0.717) is 0 Å². The van der Waals surface area contributed by atoms with Crippen LogP contribution in [0.15, 0.2) is 109 Å². The minimum absolute atomic E-state index is 0.930. The summed E-state index contributed by atoms with van der Waals surface area (Å²) in [5, 5.41) is 3.51. The van der Waals surface area contributed by atoms with E-state index in [1.807, 2.05) is 0 Å². The summed E-state index contributed by atoms with van der Waals surface area (Å²) in [6, 6.07) is 38.5. The summed E-state index contributed by atoms with van der Waals surface area (Å²) in [4.78, 5) is 8.59. The van der Waals surface area contributed by atoms with E-state index in [0.717, 1.165) is 44.2 Å². The van der Waals surface area contributed by atoms with Crippen LogP contribution in [-0.4, -0.2) is 14.5 Å². The van der Waals surface area contributed by atoms with Crippen molar-refractivity contribution in [2.75, 3.05) is 0 Å². The maximum absolute atomic E-state index is 5.09. The summed E-state index contributed by atoms with van der Waals surface area (Å²) in [5.74, 6) is 0. The molecule has 3 heterocycles. The maximum atomic E-state index is 5.09. The molecule has 0 fully saturated rings. The summed E-state index contributed by atoms with van der Waals surface area (Å²) in [6.45, 7) is 0. The first-order valence-corrected chi connectivity index (χ1v) is 10.8. The first kappa shape index (κ1) is 17.3. The second kappa shape index (κ2) is 6.56. The van der Waals surface area contributed by atoms with Crippen LogP contribution in [-0.2, 0) is 0 Å². The molecular weight excluding hydrogens is 390 g/mol. The third-order valence-electron chi connectivity index (χ3n) is 6.33. The number of rotatable bonds is 2. The summed E-state index contributed by atoms with van der Waals surface area (Å²) < 4.78 is 2.34. The Balaban J connectivity index is 1.58. The van der Waals surface area contributed by atoms with Crippen LogP contribution in [0.2, 0.25) is 0 Å².